The van der Waals surface area contributed by atoms with E-state index in [1.807, 2.05) is 52.0 Å². The van der Waals surface area contributed by atoms with E-state index in [0.717, 1.165) is 5.57 Å². The Kier molecular flexibility index (Phi) is 9.68. The van der Waals surface area contributed by atoms with Crippen LogP contribution < -0.4 is 28.4 Å². The Morgan fingerprint density at radius 1 is 0.705 bits per heavy atom. The minimum Gasteiger partial charge on any atom is -0.493 e. The van der Waals surface area contributed by atoms with Crippen molar-refractivity contribution in [2.75, 3.05) is 62.3 Å². The number of rotatable bonds is 10. The third-order valence-corrected chi connectivity index (χ3v) is 8.28. The third-order valence-electron chi connectivity index (χ3n) is 8.28. The number of ketones is 1. The highest BCUT2D eigenvalue weighted by Crippen LogP contribution is 2.43. The largest absolute Gasteiger partial charge is 0.493 e. The molecule has 0 unspecified atom stereocenters. The van der Waals surface area contributed by atoms with Gasteiger partial charge in [0.15, 0.2) is 28.8 Å². The summed E-state index contributed by atoms with van der Waals surface area (Å²) in [5.41, 5.74) is 2.46. The van der Waals surface area contributed by atoms with Crippen LogP contribution in [0.1, 0.15) is 38.8 Å². The van der Waals surface area contributed by atoms with Gasteiger partial charge in [0.1, 0.15) is 0 Å². The van der Waals surface area contributed by atoms with Crippen LogP contribution in [0.2, 0.25) is 0 Å². The second-order valence-electron chi connectivity index (χ2n) is 11.9. The number of carbonyl (C=O) groups excluding carboxylic acids is 1. The number of nitrogens with zero attached hydrogens (tertiary/aromatic N) is 2. The predicted octanol–water partition coefficient (Wildman–Crippen LogP) is 5.28. The summed E-state index contributed by atoms with van der Waals surface area (Å²) in [5.74, 6) is 2.77. The van der Waals surface area contributed by atoms with Gasteiger partial charge in [0.25, 0.3) is 0 Å². The van der Waals surface area contributed by atoms with Gasteiger partial charge in [-0.15, -0.1) is 0 Å². The van der Waals surface area contributed by atoms with Crippen molar-refractivity contribution in [3.05, 3.63) is 58.2 Å². The van der Waals surface area contributed by atoms with Crippen molar-refractivity contribution < 1.29 is 38.4 Å². The zero-order chi connectivity index (χ0) is 32.4. The van der Waals surface area contributed by atoms with E-state index in [1.54, 1.807) is 54.8 Å². The van der Waals surface area contributed by atoms with Crippen molar-refractivity contribution >= 4 is 17.9 Å². The first-order valence-corrected chi connectivity index (χ1v) is 14.3. The zero-order valence-corrected chi connectivity index (χ0v) is 27.4. The standard InChI is InChI=1S/C34H44N2O8/c1-33(2)17-25(34(3,4)36(33)38)20-35-18-23(15-21-11-13-26(39-5)31(43-9)29(21)41-7)28(37)24(19-35)16-22-12-14-27(40-6)32(44-10)30(22)42-8/h11-17,38H,18-20H2,1-10H3/b23-15+,24-16+. The minimum atomic E-state index is -0.585. The number of ether oxygens (including phenoxy) is 6. The highest BCUT2D eigenvalue weighted by Gasteiger charge is 2.45. The Hall–Kier alpha value is -3.99. The Bertz CT molecular complexity index is 1420. The third kappa shape index (κ3) is 6.02. The van der Waals surface area contributed by atoms with Gasteiger partial charge >= 0.3 is 0 Å². The van der Waals surface area contributed by atoms with Crippen LogP contribution in [-0.4, -0.2) is 94.3 Å². The average Bonchev–Trinajstić information content (AvgIpc) is 3.16. The number of hydrogen-bond donors (Lipinski definition) is 1. The number of piperidine rings is 1. The summed E-state index contributed by atoms with van der Waals surface area (Å²) in [4.78, 5) is 16.3. The van der Waals surface area contributed by atoms with E-state index in [1.165, 1.54) is 5.06 Å². The van der Waals surface area contributed by atoms with E-state index < -0.39 is 11.1 Å². The van der Waals surface area contributed by atoms with Gasteiger partial charge in [0, 0.05) is 41.9 Å². The number of Topliss-reactive ketones (excluding diaryl/α,β-unsaturated/α-hetero) is 1. The summed E-state index contributed by atoms with van der Waals surface area (Å²) in [6.45, 7) is 9.27. The smallest absolute Gasteiger partial charge is 0.203 e. The predicted molar refractivity (Wildman–Crippen MR) is 169 cm³/mol. The molecule has 0 spiro atoms. The van der Waals surface area contributed by atoms with E-state index in [4.69, 9.17) is 28.4 Å². The highest BCUT2D eigenvalue weighted by atomic mass is 16.5. The first-order chi connectivity index (χ1) is 20.9. The Morgan fingerprint density at radius 2 is 1.14 bits per heavy atom. The van der Waals surface area contributed by atoms with Gasteiger partial charge < -0.3 is 33.6 Å². The number of hydroxylamine groups is 2. The van der Waals surface area contributed by atoms with Gasteiger partial charge in [-0.1, -0.05) is 6.08 Å². The van der Waals surface area contributed by atoms with Crippen LogP contribution in [0.25, 0.3) is 12.2 Å². The lowest BCUT2D eigenvalue weighted by Gasteiger charge is -2.38. The van der Waals surface area contributed by atoms with Gasteiger partial charge in [-0.05, 0) is 69.7 Å². The lowest BCUT2D eigenvalue weighted by atomic mass is 9.91. The normalized spacial score (nSPS) is 20.1. The van der Waals surface area contributed by atoms with E-state index in [9.17, 15) is 10.0 Å². The second kappa shape index (κ2) is 12.9. The van der Waals surface area contributed by atoms with Crippen molar-refractivity contribution in [2.45, 2.75) is 38.8 Å². The van der Waals surface area contributed by atoms with Crippen LogP contribution in [0.15, 0.2) is 47.1 Å². The van der Waals surface area contributed by atoms with Crippen LogP contribution >= 0.6 is 0 Å². The summed E-state index contributed by atoms with van der Waals surface area (Å²) < 4.78 is 33.5. The fourth-order valence-electron chi connectivity index (χ4n) is 6.07. The monoisotopic (exact) mass is 608 g/mol. The molecule has 0 radical (unpaired) electrons. The molecule has 0 bridgehead atoms. The lowest BCUT2D eigenvalue weighted by Crippen LogP contribution is -2.49. The molecule has 0 aliphatic carbocycles. The van der Waals surface area contributed by atoms with Crippen molar-refractivity contribution in [3.63, 3.8) is 0 Å². The van der Waals surface area contributed by atoms with Gasteiger partial charge in [0.05, 0.1) is 53.7 Å². The summed E-state index contributed by atoms with van der Waals surface area (Å²) in [6.07, 6.45) is 5.78. The molecule has 2 aliphatic rings. The summed E-state index contributed by atoms with van der Waals surface area (Å²) in [6, 6.07) is 7.26. The molecule has 0 amide bonds. The molecule has 0 atom stereocenters. The van der Waals surface area contributed by atoms with Crippen molar-refractivity contribution in [3.8, 4) is 34.5 Å². The van der Waals surface area contributed by atoms with E-state index in [-0.39, 0.29) is 5.78 Å². The summed E-state index contributed by atoms with van der Waals surface area (Å²) in [5, 5.41) is 12.3. The van der Waals surface area contributed by atoms with Crippen LogP contribution in [0.4, 0.5) is 0 Å². The fourth-order valence-corrected chi connectivity index (χ4v) is 6.07. The molecule has 0 aromatic heterocycles. The molecule has 1 N–H and O–H groups in total. The molecule has 2 aliphatic heterocycles. The molecule has 238 valence electrons. The molecule has 10 nitrogen and oxygen atoms in total. The molecule has 0 saturated carbocycles. The number of hydrogen-bond acceptors (Lipinski definition) is 10. The average molecular weight is 609 g/mol. The van der Waals surface area contributed by atoms with Crippen LogP contribution in [0, 0.1) is 0 Å². The molecule has 10 heteroatoms. The quantitative estimate of drug-likeness (QED) is 0.283. The molecular formula is C34H44N2O8. The lowest BCUT2D eigenvalue weighted by molar-refractivity contribution is -0.185. The highest BCUT2D eigenvalue weighted by molar-refractivity contribution is 6.15. The molecule has 2 aromatic rings. The van der Waals surface area contributed by atoms with Gasteiger partial charge in [-0.25, -0.2) is 0 Å². The SMILES string of the molecule is COc1ccc(/C=C2\CN(CC3=CC(C)(C)N(O)C3(C)C)C/C(=C\c3ccc(OC)c(OC)c3OC)C2=O)c(OC)c1OC. The van der Waals surface area contributed by atoms with Crippen molar-refractivity contribution in [1.82, 2.24) is 9.96 Å². The maximum absolute atomic E-state index is 14.1. The number of benzene rings is 2. The molecule has 4 rings (SSSR count). The first-order valence-electron chi connectivity index (χ1n) is 14.3. The van der Waals surface area contributed by atoms with Crippen LogP contribution in [0.3, 0.4) is 0 Å². The fraction of sp³-hybridized carbons (Fsp3) is 0.441. The van der Waals surface area contributed by atoms with Crippen molar-refractivity contribution in [1.29, 1.82) is 0 Å². The Labute approximate surface area is 260 Å². The van der Waals surface area contributed by atoms with Gasteiger partial charge in [-0.3, -0.25) is 9.69 Å². The molecule has 2 aromatic carbocycles. The molecule has 44 heavy (non-hydrogen) atoms. The maximum atomic E-state index is 14.1. The number of methoxy groups -OCH3 is 6. The summed E-state index contributed by atoms with van der Waals surface area (Å²) >= 11 is 0. The van der Waals surface area contributed by atoms with E-state index in [0.29, 0.717) is 76.4 Å². The van der Waals surface area contributed by atoms with E-state index in [2.05, 4.69) is 11.0 Å². The second-order valence-corrected chi connectivity index (χ2v) is 11.9. The molecule has 2 heterocycles. The Morgan fingerprint density at radius 3 is 1.48 bits per heavy atom. The van der Waals surface area contributed by atoms with Crippen molar-refractivity contribution in [2.24, 2.45) is 0 Å². The zero-order valence-electron chi connectivity index (χ0n) is 27.4. The summed E-state index contributed by atoms with van der Waals surface area (Å²) in [7, 11) is 9.33. The van der Waals surface area contributed by atoms with E-state index >= 15 is 0 Å². The molecular weight excluding hydrogens is 564 g/mol. The molecule has 1 fully saturated rings. The van der Waals surface area contributed by atoms with Gasteiger partial charge in [-0.2, -0.15) is 5.06 Å². The topological polar surface area (TPSA) is 99.2 Å². The molecule has 1 saturated heterocycles. The van der Waals surface area contributed by atoms with Crippen LogP contribution in [0.5, 0.6) is 34.5 Å². The minimum absolute atomic E-state index is 0.0984. The van der Waals surface area contributed by atoms with Gasteiger partial charge in [0.2, 0.25) is 11.5 Å². The number of carbonyl (C=O) groups is 1. The number of likely N-dealkylation sites (tertiary alicyclic amines) is 1. The maximum Gasteiger partial charge on any atom is 0.203 e. The Balaban J connectivity index is 1.85. The van der Waals surface area contributed by atoms with Crippen LogP contribution in [-0.2, 0) is 4.79 Å². The first kappa shape index (κ1) is 32.9.